The van der Waals surface area contributed by atoms with Crippen molar-refractivity contribution in [1.29, 1.82) is 0 Å². The van der Waals surface area contributed by atoms with Crippen LogP contribution in [0.4, 0.5) is 0 Å². The Kier molecular flexibility index (Phi) is 7.45. The van der Waals surface area contributed by atoms with Gasteiger partial charge in [-0.15, -0.1) is 5.92 Å². The van der Waals surface area contributed by atoms with Crippen LogP contribution in [0.5, 0.6) is 0 Å². The lowest BCUT2D eigenvalue weighted by Crippen LogP contribution is -2.41. The van der Waals surface area contributed by atoms with Crippen molar-refractivity contribution in [3.63, 3.8) is 0 Å². The van der Waals surface area contributed by atoms with Gasteiger partial charge in [0.25, 0.3) is 0 Å². The fourth-order valence-corrected chi connectivity index (χ4v) is 1.45. The molecule has 5 nitrogen and oxygen atoms in total. The van der Waals surface area contributed by atoms with Gasteiger partial charge in [0.1, 0.15) is 6.29 Å². The van der Waals surface area contributed by atoms with Crippen LogP contribution in [0.2, 0.25) is 0 Å². The molecule has 0 amide bonds. The van der Waals surface area contributed by atoms with Crippen LogP contribution in [0.25, 0.3) is 0 Å². The SMILES string of the molecule is CC#CC(CCC=O)(C(=O)OCC)C(=O)OCC. The number of rotatable bonds is 7. The molecule has 0 rings (SSSR count). The number of carbonyl (C=O) groups is 3. The largest absolute Gasteiger partial charge is 0.464 e. The Morgan fingerprint density at radius 2 is 1.67 bits per heavy atom. The first kappa shape index (κ1) is 16.2. The molecule has 0 aromatic carbocycles. The number of ether oxygens (including phenoxy) is 2. The summed E-state index contributed by atoms with van der Waals surface area (Å²) in [6, 6.07) is 0. The first-order valence-electron chi connectivity index (χ1n) is 5.81. The highest BCUT2D eigenvalue weighted by molar-refractivity contribution is 6.03. The number of esters is 2. The molecule has 0 heterocycles. The van der Waals surface area contributed by atoms with E-state index in [2.05, 4.69) is 11.8 Å². The second-order valence-corrected chi connectivity index (χ2v) is 3.43. The van der Waals surface area contributed by atoms with Crippen LogP contribution in [0.1, 0.15) is 33.6 Å². The van der Waals surface area contributed by atoms with Crippen molar-refractivity contribution in [2.45, 2.75) is 33.6 Å². The monoisotopic (exact) mass is 254 g/mol. The molecule has 5 heteroatoms. The van der Waals surface area contributed by atoms with Crippen LogP contribution < -0.4 is 0 Å². The fourth-order valence-electron chi connectivity index (χ4n) is 1.45. The summed E-state index contributed by atoms with van der Waals surface area (Å²) in [5.41, 5.74) is -1.69. The first-order valence-corrected chi connectivity index (χ1v) is 5.81. The topological polar surface area (TPSA) is 69.7 Å². The quantitative estimate of drug-likeness (QED) is 0.294. The Bertz CT molecular complexity index is 343. The Morgan fingerprint density at radius 1 is 1.17 bits per heavy atom. The minimum atomic E-state index is -1.69. The van der Waals surface area contributed by atoms with Gasteiger partial charge < -0.3 is 14.3 Å². The maximum atomic E-state index is 11.9. The Labute approximate surface area is 107 Å². The maximum Gasteiger partial charge on any atom is 0.335 e. The van der Waals surface area contributed by atoms with E-state index >= 15 is 0 Å². The molecule has 0 aliphatic rings. The van der Waals surface area contributed by atoms with E-state index in [9.17, 15) is 14.4 Å². The Hall–Kier alpha value is -1.83. The van der Waals surface area contributed by atoms with Gasteiger partial charge in [-0.3, -0.25) is 0 Å². The minimum Gasteiger partial charge on any atom is -0.464 e. The van der Waals surface area contributed by atoms with E-state index in [0.717, 1.165) is 0 Å². The van der Waals surface area contributed by atoms with E-state index in [0.29, 0.717) is 6.29 Å². The zero-order valence-electron chi connectivity index (χ0n) is 10.9. The molecule has 0 spiro atoms. The zero-order valence-corrected chi connectivity index (χ0v) is 10.9. The molecule has 0 aromatic heterocycles. The normalized spacial score (nSPS) is 9.94. The average molecular weight is 254 g/mol. The summed E-state index contributed by atoms with van der Waals surface area (Å²) in [6.45, 7) is 5.03. The lowest BCUT2D eigenvalue weighted by Gasteiger charge is -2.23. The molecule has 18 heavy (non-hydrogen) atoms. The van der Waals surface area contributed by atoms with Crippen LogP contribution in [-0.4, -0.2) is 31.4 Å². The summed E-state index contributed by atoms with van der Waals surface area (Å²) in [5, 5.41) is 0. The maximum absolute atomic E-state index is 11.9. The zero-order chi connectivity index (χ0) is 14.0. The van der Waals surface area contributed by atoms with Crippen molar-refractivity contribution in [3.8, 4) is 11.8 Å². The van der Waals surface area contributed by atoms with Gasteiger partial charge in [0.15, 0.2) is 0 Å². The molecule has 0 fully saturated rings. The van der Waals surface area contributed by atoms with Crippen molar-refractivity contribution < 1.29 is 23.9 Å². The van der Waals surface area contributed by atoms with Gasteiger partial charge in [-0.2, -0.15) is 0 Å². The smallest absolute Gasteiger partial charge is 0.335 e. The van der Waals surface area contributed by atoms with Crippen LogP contribution in [0.3, 0.4) is 0 Å². The van der Waals surface area contributed by atoms with Crippen molar-refractivity contribution in [2.75, 3.05) is 13.2 Å². The second kappa shape index (κ2) is 8.29. The van der Waals surface area contributed by atoms with Gasteiger partial charge in [0.05, 0.1) is 13.2 Å². The van der Waals surface area contributed by atoms with Crippen molar-refractivity contribution in [1.82, 2.24) is 0 Å². The molecule has 100 valence electrons. The highest BCUT2D eigenvalue weighted by atomic mass is 16.6. The number of hydrogen-bond donors (Lipinski definition) is 0. The molecule has 0 aliphatic carbocycles. The van der Waals surface area contributed by atoms with Crippen LogP contribution in [-0.2, 0) is 23.9 Å². The highest BCUT2D eigenvalue weighted by Gasteiger charge is 2.47. The van der Waals surface area contributed by atoms with Crippen molar-refractivity contribution >= 4 is 18.2 Å². The van der Waals surface area contributed by atoms with Crippen LogP contribution in [0, 0.1) is 17.3 Å². The van der Waals surface area contributed by atoms with E-state index in [4.69, 9.17) is 9.47 Å². The summed E-state index contributed by atoms with van der Waals surface area (Å²) in [4.78, 5) is 34.3. The summed E-state index contributed by atoms with van der Waals surface area (Å²) in [6.07, 6.45) is 0.631. The van der Waals surface area contributed by atoms with Crippen molar-refractivity contribution in [3.05, 3.63) is 0 Å². The van der Waals surface area contributed by atoms with Gasteiger partial charge >= 0.3 is 11.9 Å². The van der Waals surface area contributed by atoms with E-state index < -0.39 is 17.4 Å². The predicted molar refractivity (Wildman–Crippen MR) is 64.4 cm³/mol. The van der Waals surface area contributed by atoms with E-state index in [-0.39, 0.29) is 26.1 Å². The van der Waals surface area contributed by atoms with E-state index in [1.165, 1.54) is 6.92 Å². The fraction of sp³-hybridized carbons (Fsp3) is 0.615. The molecule has 0 aliphatic heterocycles. The van der Waals surface area contributed by atoms with Gasteiger partial charge in [0, 0.05) is 6.42 Å². The number of aldehydes is 1. The standard InChI is InChI=1S/C13H18O5/c1-4-8-13(9-7-10-14,11(15)17-5-2)12(16)18-6-3/h10H,5-7,9H2,1-3H3. The Morgan fingerprint density at radius 3 is 2.00 bits per heavy atom. The second-order valence-electron chi connectivity index (χ2n) is 3.43. The molecule has 0 bridgehead atoms. The summed E-state index contributed by atoms with van der Waals surface area (Å²) in [7, 11) is 0. The first-order chi connectivity index (χ1) is 8.58. The molecule has 0 saturated carbocycles. The van der Waals surface area contributed by atoms with Crippen molar-refractivity contribution in [2.24, 2.45) is 5.41 Å². The predicted octanol–water partition coefficient (Wildman–Crippen LogP) is 1.10. The molecule has 0 N–H and O–H groups in total. The highest BCUT2D eigenvalue weighted by Crippen LogP contribution is 2.27. The van der Waals surface area contributed by atoms with Gasteiger partial charge in [-0.25, -0.2) is 9.59 Å². The number of hydrogen-bond acceptors (Lipinski definition) is 5. The molecule has 0 radical (unpaired) electrons. The summed E-state index contributed by atoms with van der Waals surface area (Å²) >= 11 is 0. The van der Waals surface area contributed by atoms with E-state index in [1.54, 1.807) is 13.8 Å². The summed E-state index contributed by atoms with van der Waals surface area (Å²) < 4.78 is 9.73. The third-order valence-electron chi connectivity index (χ3n) is 2.22. The molecule has 0 atom stereocenters. The van der Waals surface area contributed by atoms with E-state index in [1.807, 2.05) is 0 Å². The van der Waals surface area contributed by atoms with Crippen LogP contribution >= 0.6 is 0 Å². The van der Waals surface area contributed by atoms with Crippen LogP contribution in [0.15, 0.2) is 0 Å². The molecule has 0 saturated heterocycles. The lowest BCUT2D eigenvalue weighted by atomic mass is 9.84. The molecule has 0 unspecified atom stereocenters. The number of carbonyl (C=O) groups excluding carboxylic acids is 3. The average Bonchev–Trinajstić information content (AvgIpc) is 2.35. The minimum absolute atomic E-state index is 0.0327. The summed E-state index contributed by atoms with van der Waals surface area (Å²) in [5.74, 6) is 3.54. The van der Waals surface area contributed by atoms with Gasteiger partial charge in [-0.1, -0.05) is 5.92 Å². The van der Waals surface area contributed by atoms with Gasteiger partial charge in [-0.05, 0) is 27.2 Å². The molecule has 0 aromatic rings. The Balaban J connectivity index is 5.37. The van der Waals surface area contributed by atoms with Gasteiger partial charge in [0.2, 0.25) is 5.41 Å². The molecular formula is C13H18O5. The third-order valence-corrected chi connectivity index (χ3v) is 2.22. The molecular weight excluding hydrogens is 236 g/mol. The third kappa shape index (κ3) is 3.88. The lowest BCUT2D eigenvalue weighted by molar-refractivity contribution is -0.167.